The number of rotatable bonds is 8. The van der Waals surface area contributed by atoms with Crippen LogP contribution in [0.2, 0.25) is 0 Å². The second-order valence-corrected chi connectivity index (χ2v) is 12.2. The Morgan fingerprint density at radius 1 is 0.600 bits per heavy atom. The molecule has 5 rings (SSSR count). The summed E-state index contributed by atoms with van der Waals surface area (Å²) in [6, 6.07) is 33.6. The number of hydrogen-bond acceptors (Lipinski definition) is 10. The number of carbonyl (C=O) groups is 2. The van der Waals surface area contributed by atoms with E-state index in [1.54, 1.807) is 6.07 Å². The van der Waals surface area contributed by atoms with Gasteiger partial charge in [-0.1, -0.05) is 91.0 Å². The molecule has 2 aromatic heterocycles. The molecule has 0 spiro atoms. The molecule has 0 unspecified atom stereocenters. The van der Waals surface area contributed by atoms with Gasteiger partial charge in [-0.15, -0.1) is 0 Å². The van der Waals surface area contributed by atoms with Crippen molar-refractivity contribution in [2.75, 3.05) is 34.2 Å². The maximum Gasteiger partial charge on any atom is 0.340 e. The second kappa shape index (κ2) is 15.3. The average Bonchev–Trinajstić information content (AvgIpc) is 3.11. The van der Waals surface area contributed by atoms with Crippen LogP contribution in [0.4, 0.5) is 11.4 Å². The zero-order chi connectivity index (χ0) is 32.2. The molecule has 230 valence electrons. The van der Waals surface area contributed by atoms with Gasteiger partial charge in [0.25, 0.3) is 0 Å². The number of nitrogens with two attached hydrogens (primary N) is 1. The summed E-state index contributed by atoms with van der Waals surface area (Å²) in [5, 5.41) is 3.16. The Balaban J connectivity index is 0.000000297. The topological polar surface area (TPSA) is 135 Å². The molecule has 0 fully saturated rings. The van der Waals surface area contributed by atoms with E-state index in [-0.39, 0.29) is 23.0 Å². The van der Waals surface area contributed by atoms with Crippen molar-refractivity contribution < 1.29 is 28.5 Å². The van der Waals surface area contributed by atoms with Crippen LogP contribution in [0.15, 0.2) is 120 Å². The average molecular weight is 625 g/mol. The van der Waals surface area contributed by atoms with E-state index in [4.69, 9.17) is 24.7 Å². The normalized spacial score (nSPS) is 10.5. The zero-order valence-corrected chi connectivity index (χ0v) is 26.2. The van der Waals surface area contributed by atoms with Gasteiger partial charge < -0.3 is 24.7 Å². The summed E-state index contributed by atoms with van der Waals surface area (Å²) in [7, 11) is 3.00. The molecule has 0 saturated heterocycles. The van der Waals surface area contributed by atoms with Crippen LogP contribution in [0, 0.1) is 0 Å². The number of nitrogen functional groups attached to an aromatic ring is 1. The minimum absolute atomic E-state index is 0.192. The van der Waals surface area contributed by atoms with Gasteiger partial charge in [0.1, 0.15) is 11.4 Å². The van der Waals surface area contributed by atoms with Crippen molar-refractivity contribution in [3.8, 4) is 11.8 Å². The largest absolute Gasteiger partial charge is 0.480 e. The molecule has 0 saturated carbocycles. The van der Waals surface area contributed by atoms with Crippen molar-refractivity contribution in [3.63, 3.8) is 0 Å². The molecule has 0 aliphatic rings. The van der Waals surface area contributed by atoms with Gasteiger partial charge in [-0.05, 0) is 12.1 Å². The summed E-state index contributed by atoms with van der Waals surface area (Å²) < 4.78 is 25.3. The quantitative estimate of drug-likeness (QED) is 0.184. The fourth-order valence-corrected chi connectivity index (χ4v) is 8.11. The van der Waals surface area contributed by atoms with E-state index in [0.717, 1.165) is 15.9 Å². The number of methoxy groups -OCH3 is 4. The first-order valence-corrected chi connectivity index (χ1v) is 15.4. The molecule has 3 aromatic carbocycles. The molecule has 2 heterocycles. The van der Waals surface area contributed by atoms with Gasteiger partial charge >= 0.3 is 11.9 Å². The first-order valence-electron chi connectivity index (χ1n) is 13.7. The van der Waals surface area contributed by atoms with E-state index in [2.05, 4.69) is 51.1 Å². The zero-order valence-electron chi connectivity index (χ0n) is 25.3. The molecule has 0 radical (unpaired) electrons. The van der Waals surface area contributed by atoms with Gasteiger partial charge in [-0.3, -0.25) is 0 Å². The highest BCUT2D eigenvalue weighted by atomic mass is 31.2. The highest BCUT2D eigenvalue weighted by Crippen LogP contribution is 2.51. The first-order chi connectivity index (χ1) is 21.9. The minimum atomic E-state index is -2.60. The molecule has 5 aromatic rings. The van der Waals surface area contributed by atoms with Gasteiger partial charge in [0.15, 0.2) is 0 Å². The van der Waals surface area contributed by atoms with Crippen molar-refractivity contribution in [2.45, 2.75) is 0 Å². The maximum absolute atomic E-state index is 12.6. The van der Waals surface area contributed by atoms with Crippen LogP contribution >= 0.6 is 7.05 Å². The number of esters is 2. The Bertz CT molecular complexity index is 1700. The number of benzene rings is 3. The molecule has 0 amide bonds. The predicted molar refractivity (Wildman–Crippen MR) is 176 cm³/mol. The van der Waals surface area contributed by atoms with E-state index in [1.807, 2.05) is 54.6 Å². The molecular formula is C34H33N4O6P. The highest BCUT2D eigenvalue weighted by molar-refractivity contribution is 7.87. The van der Waals surface area contributed by atoms with E-state index in [0.29, 0.717) is 11.3 Å². The standard InChI is InChI=1S/C26H23N2O3P.C8H10N2O3/c1-30-25-24(23(18-19-27-25)26(29)31-2)28-32(20-12-6-3-7-13-20,21-14-8-4-9-15-21)22-16-10-5-11-17-22;1-12-7-6(9)5(3-4-10-7)8(11)13-2/h3-19H,1-2H3;3-4H,9H2,1-2H3. The molecule has 0 aliphatic heterocycles. The van der Waals surface area contributed by atoms with Gasteiger partial charge in [0.2, 0.25) is 11.8 Å². The van der Waals surface area contributed by atoms with Crippen molar-refractivity contribution in [2.24, 2.45) is 4.74 Å². The first kappa shape index (κ1) is 32.4. The van der Waals surface area contributed by atoms with Crippen molar-refractivity contribution in [3.05, 3.63) is 127 Å². The van der Waals surface area contributed by atoms with Crippen LogP contribution in [0.25, 0.3) is 0 Å². The Kier molecular flexibility index (Phi) is 11.0. The number of carbonyl (C=O) groups excluding carboxylic acids is 2. The van der Waals surface area contributed by atoms with E-state index >= 15 is 0 Å². The van der Waals surface area contributed by atoms with Crippen molar-refractivity contribution >= 4 is 46.3 Å². The Labute approximate surface area is 261 Å². The SMILES string of the molecule is COC(=O)c1ccnc(OC)c1N.COC(=O)c1ccnc(OC)c1N=P(c1ccccc1)(c1ccccc1)c1ccccc1. The summed E-state index contributed by atoms with van der Waals surface area (Å²) in [6.45, 7) is 0. The van der Waals surface area contributed by atoms with E-state index in [9.17, 15) is 9.59 Å². The summed E-state index contributed by atoms with van der Waals surface area (Å²) in [5.74, 6) is -0.488. The number of ether oxygens (including phenoxy) is 4. The summed E-state index contributed by atoms with van der Waals surface area (Å²) in [4.78, 5) is 31.9. The Morgan fingerprint density at radius 3 is 1.42 bits per heavy atom. The van der Waals surface area contributed by atoms with Gasteiger partial charge in [0.05, 0.1) is 46.6 Å². The lowest BCUT2D eigenvalue weighted by molar-refractivity contribution is 0.0592. The molecule has 0 atom stereocenters. The van der Waals surface area contributed by atoms with Crippen molar-refractivity contribution in [1.82, 2.24) is 9.97 Å². The van der Waals surface area contributed by atoms with Crippen LogP contribution < -0.4 is 31.1 Å². The van der Waals surface area contributed by atoms with Crippen LogP contribution in [0.5, 0.6) is 11.8 Å². The molecule has 10 nitrogen and oxygen atoms in total. The van der Waals surface area contributed by atoms with E-state index < -0.39 is 19.0 Å². The smallest absolute Gasteiger partial charge is 0.340 e. The van der Waals surface area contributed by atoms with Gasteiger partial charge in [-0.2, -0.15) is 0 Å². The number of nitrogens with zero attached hydrogens (tertiary/aromatic N) is 3. The fourth-order valence-electron chi connectivity index (χ4n) is 4.56. The molecule has 45 heavy (non-hydrogen) atoms. The lowest BCUT2D eigenvalue weighted by Crippen LogP contribution is -2.25. The molecular weight excluding hydrogens is 591 g/mol. The van der Waals surface area contributed by atoms with Crippen LogP contribution in [0.3, 0.4) is 0 Å². The third-order valence-electron chi connectivity index (χ3n) is 6.68. The maximum atomic E-state index is 12.6. The summed E-state index contributed by atoms with van der Waals surface area (Å²) in [6.07, 6.45) is 2.96. The number of aromatic nitrogens is 2. The third kappa shape index (κ3) is 7.03. The number of pyridine rings is 2. The van der Waals surface area contributed by atoms with Crippen LogP contribution in [-0.4, -0.2) is 50.3 Å². The second-order valence-electron chi connectivity index (χ2n) is 9.22. The monoisotopic (exact) mass is 624 g/mol. The Morgan fingerprint density at radius 2 is 1.00 bits per heavy atom. The number of anilines is 1. The highest BCUT2D eigenvalue weighted by Gasteiger charge is 2.30. The van der Waals surface area contributed by atoms with Gasteiger partial charge in [0, 0.05) is 28.3 Å². The van der Waals surface area contributed by atoms with Gasteiger partial charge in [-0.25, -0.2) is 24.3 Å². The lowest BCUT2D eigenvalue weighted by atomic mass is 10.2. The Hall–Kier alpha value is -5.47. The summed E-state index contributed by atoms with van der Waals surface area (Å²) in [5.41, 5.74) is 6.73. The minimum Gasteiger partial charge on any atom is -0.480 e. The molecule has 2 N–H and O–H groups in total. The summed E-state index contributed by atoms with van der Waals surface area (Å²) >= 11 is 0. The van der Waals surface area contributed by atoms with Crippen molar-refractivity contribution in [1.29, 1.82) is 0 Å². The van der Waals surface area contributed by atoms with E-state index in [1.165, 1.54) is 46.9 Å². The molecule has 11 heteroatoms. The fraction of sp³-hybridized carbons (Fsp3) is 0.118. The van der Waals surface area contributed by atoms with Crippen LogP contribution in [-0.2, 0) is 9.47 Å². The molecule has 0 aliphatic carbocycles. The third-order valence-corrected chi connectivity index (χ3v) is 10.3. The lowest BCUT2D eigenvalue weighted by Gasteiger charge is -2.27. The number of hydrogen-bond donors (Lipinski definition) is 1. The predicted octanol–water partition coefficient (Wildman–Crippen LogP) is 5.15. The molecule has 0 bridgehead atoms. The van der Waals surface area contributed by atoms with Crippen LogP contribution in [0.1, 0.15) is 20.7 Å².